The summed E-state index contributed by atoms with van der Waals surface area (Å²) in [6, 6.07) is 22.6. The van der Waals surface area contributed by atoms with Gasteiger partial charge in [0.15, 0.2) is 11.5 Å². The smallest absolute Gasteiger partial charge is 0.243 e. The molecule has 3 aromatic carbocycles. The number of nitrogens with zero attached hydrogens (tertiary/aromatic N) is 1. The van der Waals surface area contributed by atoms with Crippen molar-refractivity contribution in [3.8, 4) is 11.5 Å². The van der Waals surface area contributed by atoms with E-state index in [1.807, 2.05) is 72.8 Å². The number of halogens is 1. The number of nitrogens with one attached hydrogen (secondary N) is 1. The Bertz CT molecular complexity index is 1260. The Balaban J connectivity index is 1.40. The Kier molecular flexibility index (Phi) is 8.49. The topological polar surface area (TPSA) is 67.9 Å². The Morgan fingerprint density at radius 2 is 1.66 bits per heavy atom. The molecule has 1 unspecified atom stereocenters. The fourth-order valence-corrected chi connectivity index (χ4v) is 5.46. The summed E-state index contributed by atoms with van der Waals surface area (Å²) in [5.41, 5.74) is 2.89. The van der Waals surface area contributed by atoms with Crippen molar-refractivity contribution < 1.29 is 19.1 Å². The van der Waals surface area contributed by atoms with E-state index in [1.54, 1.807) is 4.90 Å². The molecule has 0 spiro atoms. The highest BCUT2D eigenvalue weighted by Gasteiger charge is 2.32. The second kappa shape index (κ2) is 12.4. The summed E-state index contributed by atoms with van der Waals surface area (Å²) < 4.78 is 10.9. The van der Waals surface area contributed by atoms with E-state index in [1.165, 1.54) is 0 Å². The lowest BCUT2D eigenvalue weighted by molar-refractivity contribution is -0.141. The Morgan fingerprint density at radius 1 is 0.895 bits per heavy atom. The van der Waals surface area contributed by atoms with Crippen LogP contribution in [0.5, 0.6) is 11.5 Å². The van der Waals surface area contributed by atoms with Crippen LogP contribution in [0.2, 0.25) is 5.02 Å². The molecule has 7 heteroatoms. The second-order valence-corrected chi connectivity index (χ2v) is 10.5. The fourth-order valence-electron chi connectivity index (χ4n) is 5.24. The number of fused-ring (bicyclic) bond motifs is 1. The van der Waals surface area contributed by atoms with E-state index >= 15 is 0 Å². The standard InChI is InChI=1S/C31H33ClN2O4/c32-25-10-6-9-24(17-25)20-34(30(35)16-14-23-13-15-28-29(19-23)38-21-37-28)27(18-22-7-2-1-3-8-22)31(36)33-26-11-4-5-12-26/h1-3,6-10,13,15,17,19,26-27H,4-5,11-12,14,16,18,20-21H2,(H,33,36). The van der Waals surface area contributed by atoms with Crippen LogP contribution < -0.4 is 14.8 Å². The van der Waals surface area contributed by atoms with Crippen LogP contribution in [0.3, 0.4) is 0 Å². The number of rotatable bonds is 10. The van der Waals surface area contributed by atoms with Gasteiger partial charge in [-0.3, -0.25) is 9.59 Å². The molecule has 6 nitrogen and oxygen atoms in total. The van der Waals surface area contributed by atoms with Crippen LogP contribution in [0.4, 0.5) is 0 Å². The van der Waals surface area contributed by atoms with Gasteiger partial charge in [-0.1, -0.05) is 73.0 Å². The maximum atomic E-state index is 13.9. The van der Waals surface area contributed by atoms with E-state index in [4.69, 9.17) is 21.1 Å². The minimum absolute atomic E-state index is 0.0786. The third kappa shape index (κ3) is 6.67. The molecular weight excluding hydrogens is 500 g/mol. The first-order valence-corrected chi connectivity index (χ1v) is 13.7. The van der Waals surface area contributed by atoms with Crippen LogP contribution in [0.1, 0.15) is 48.8 Å². The molecule has 1 N–H and O–H groups in total. The molecule has 1 aliphatic carbocycles. The average Bonchev–Trinajstić information content (AvgIpc) is 3.61. The first kappa shape index (κ1) is 26.1. The molecule has 0 saturated heterocycles. The van der Waals surface area contributed by atoms with E-state index in [0.29, 0.717) is 35.9 Å². The minimum atomic E-state index is -0.638. The van der Waals surface area contributed by atoms with Gasteiger partial charge in [-0.15, -0.1) is 0 Å². The number of hydrogen-bond acceptors (Lipinski definition) is 4. The zero-order chi connectivity index (χ0) is 26.3. The van der Waals surface area contributed by atoms with E-state index in [9.17, 15) is 9.59 Å². The van der Waals surface area contributed by atoms with E-state index in [0.717, 1.165) is 42.4 Å². The number of amides is 2. The Labute approximate surface area is 228 Å². The van der Waals surface area contributed by atoms with Crippen LogP contribution in [-0.4, -0.2) is 35.6 Å². The average molecular weight is 533 g/mol. The van der Waals surface area contributed by atoms with Gasteiger partial charge in [0.2, 0.25) is 18.6 Å². The van der Waals surface area contributed by atoms with Gasteiger partial charge in [-0.2, -0.15) is 0 Å². The molecule has 1 heterocycles. The number of ether oxygens (including phenoxy) is 2. The molecule has 2 amide bonds. The van der Waals surface area contributed by atoms with Crippen molar-refractivity contribution in [1.82, 2.24) is 10.2 Å². The summed E-state index contributed by atoms with van der Waals surface area (Å²) in [6.45, 7) is 0.512. The Morgan fingerprint density at radius 3 is 2.45 bits per heavy atom. The molecule has 0 aromatic heterocycles. The molecule has 1 fully saturated rings. The maximum Gasteiger partial charge on any atom is 0.243 e. The van der Waals surface area contributed by atoms with Crippen molar-refractivity contribution in [1.29, 1.82) is 0 Å². The van der Waals surface area contributed by atoms with E-state index in [2.05, 4.69) is 5.32 Å². The number of hydrogen-bond donors (Lipinski definition) is 1. The summed E-state index contributed by atoms with van der Waals surface area (Å²) in [5, 5.41) is 3.85. The van der Waals surface area contributed by atoms with Crippen LogP contribution in [-0.2, 0) is 29.0 Å². The molecular formula is C31H33ClN2O4. The first-order valence-electron chi connectivity index (χ1n) is 13.3. The predicted molar refractivity (Wildman–Crippen MR) is 147 cm³/mol. The molecule has 38 heavy (non-hydrogen) atoms. The third-order valence-electron chi connectivity index (χ3n) is 7.28. The van der Waals surface area contributed by atoms with Crippen molar-refractivity contribution >= 4 is 23.4 Å². The molecule has 198 valence electrons. The highest BCUT2D eigenvalue weighted by atomic mass is 35.5. The number of carbonyl (C=O) groups is 2. The normalized spacial score (nSPS) is 15.3. The number of aryl methyl sites for hydroxylation is 1. The summed E-state index contributed by atoms with van der Waals surface area (Å²) >= 11 is 6.28. The van der Waals surface area contributed by atoms with Gasteiger partial charge in [-0.05, 0) is 60.2 Å². The Hall–Kier alpha value is -3.51. The van der Waals surface area contributed by atoms with Crippen LogP contribution in [0, 0.1) is 0 Å². The lowest BCUT2D eigenvalue weighted by Gasteiger charge is -2.32. The quantitative estimate of drug-likeness (QED) is 0.364. The maximum absolute atomic E-state index is 13.9. The van der Waals surface area contributed by atoms with Gasteiger partial charge >= 0.3 is 0 Å². The predicted octanol–water partition coefficient (Wildman–Crippen LogP) is 5.70. The third-order valence-corrected chi connectivity index (χ3v) is 7.51. The molecule has 1 aliphatic heterocycles. The molecule has 1 saturated carbocycles. The lowest BCUT2D eigenvalue weighted by Crippen LogP contribution is -2.52. The second-order valence-electron chi connectivity index (χ2n) is 10.0. The number of benzene rings is 3. The van der Waals surface area contributed by atoms with Gasteiger partial charge in [0.25, 0.3) is 0 Å². The zero-order valence-electron chi connectivity index (χ0n) is 21.4. The van der Waals surface area contributed by atoms with Crippen LogP contribution in [0.25, 0.3) is 0 Å². The van der Waals surface area contributed by atoms with Crippen LogP contribution in [0.15, 0.2) is 72.8 Å². The highest BCUT2D eigenvalue weighted by molar-refractivity contribution is 6.30. The van der Waals surface area contributed by atoms with Gasteiger partial charge in [0, 0.05) is 30.5 Å². The largest absolute Gasteiger partial charge is 0.454 e. The van der Waals surface area contributed by atoms with Crippen molar-refractivity contribution in [2.45, 2.75) is 63.6 Å². The first-order chi connectivity index (χ1) is 18.5. The van der Waals surface area contributed by atoms with Crippen molar-refractivity contribution in [3.63, 3.8) is 0 Å². The van der Waals surface area contributed by atoms with Crippen molar-refractivity contribution in [2.24, 2.45) is 0 Å². The zero-order valence-corrected chi connectivity index (χ0v) is 22.2. The summed E-state index contributed by atoms with van der Waals surface area (Å²) in [7, 11) is 0. The van der Waals surface area contributed by atoms with Crippen molar-refractivity contribution in [2.75, 3.05) is 6.79 Å². The summed E-state index contributed by atoms with van der Waals surface area (Å²) in [4.78, 5) is 29.3. The van der Waals surface area contributed by atoms with Crippen LogP contribution >= 0.6 is 11.6 Å². The summed E-state index contributed by atoms with van der Waals surface area (Å²) in [6.07, 6.45) is 5.44. The van der Waals surface area contributed by atoms with Gasteiger partial charge < -0.3 is 19.7 Å². The van der Waals surface area contributed by atoms with E-state index < -0.39 is 6.04 Å². The molecule has 5 rings (SSSR count). The number of carbonyl (C=O) groups excluding carboxylic acids is 2. The molecule has 0 bridgehead atoms. The van der Waals surface area contributed by atoms with E-state index in [-0.39, 0.29) is 31.1 Å². The molecule has 1 atom stereocenters. The van der Waals surface area contributed by atoms with Gasteiger partial charge in [0.1, 0.15) is 6.04 Å². The lowest BCUT2D eigenvalue weighted by atomic mass is 10.0. The molecule has 2 aliphatic rings. The highest BCUT2D eigenvalue weighted by Crippen LogP contribution is 2.33. The summed E-state index contributed by atoms with van der Waals surface area (Å²) in [5.74, 6) is 1.24. The van der Waals surface area contributed by atoms with Gasteiger partial charge in [-0.25, -0.2) is 0 Å². The monoisotopic (exact) mass is 532 g/mol. The minimum Gasteiger partial charge on any atom is -0.454 e. The molecule has 3 aromatic rings. The molecule has 0 radical (unpaired) electrons. The van der Waals surface area contributed by atoms with Gasteiger partial charge in [0.05, 0.1) is 0 Å². The fraction of sp³-hybridized carbons (Fsp3) is 0.355. The SMILES string of the molecule is O=C(NC1CCCC1)C(Cc1ccccc1)N(Cc1cccc(Cl)c1)C(=O)CCc1ccc2c(c1)OCO2. The van der Waals surface area contributed by atoms with Crippen molar-refractivity contribution in [3.05, 3.63) is 94.5 Å².